The van der Waals surface area contributed by atoms with Gasteiger partial charge in [0.1, 0.15) is 5.69 Å². The lowest BCUT2D eigenvalue weighted by atomic mass is 10.0. The van der Waals surface area contributed by atoms with E-state index in [2.05, 4.69) is 25.4 Å². The molecule has 0 atom stereocenters. The maximum Gasteiger partial charge on any atom is 0.216 e. The van der Waals surface area contributed by atoms with Crippen molar-refractivity contribution in [1.29, 1.82) is 0 Å². The summed E-state index contributed by atoms with van der Waals surface area (Å²) < 4.78 is 0. The molecule has 5 rings (SSSR count). The lowest BCUT2D eigenvalue weighted by molar-refractivity contribution is 0.103. The summed E-state index contributed by atoms with van der Waals surface area (Å²) >= 11 is 0. The summed E-state index contributed by atoms with van der Waals surface area (Å²) in [5.74, 6) is -0.157. The van der Waals surface area contributed by atoms with E-state index in [0.717, 1.165) is 27.4 Å². The number of aromatic nitrogens is 4. The van der Waals surface area contributed by atoms with E-state index in [4.69, 9.17) is 0 Å². The van der Waals surface area contributed by atoms with E-state index in [1.54, 1.807) is 18.5 Å². The van der Waals surface area contributed by atoms with Gasteiger partial charge >= 0.3 is 0 Å². The minimum Gasteiger partial charge on any atom is -0.287 e. The van der Waals surface area contributed by atoms with Crippen LogP contribution in [0.15, 0.2) is 77.9 Å². The van der Waals surface area contributed by atoms with Crippen molar-refractivity contribution < 1.29 is 4.79 Å². The van der Waals surface area contributed by atoms with Crippen molar-refractivity contribution >= 4 is 39.5 Å². The summed E-state index contributed by atoms with van der Waals surface area (Å²) in [6.07, 6.45) is 3.52. The minimum atomic E-state index is -0.157. The molecule has 0 saturated carbocycles. The normalized spacial score (nSPS) is 11.6. The smallest absolute Gasteiger partial charge is 0.216 e. The Bertz CT molecular complexity index is 1350. The molecule has 0 amide bonds. The zero-order valence-corrected chi connectivity index (χ0v) is 14.8. The Labute approximate surface area is 159 Å². The van der Waals surface area contributed by atoms with E-state index in [9.17, 15) is 4.79 Å². The number of H-pyrrole nitrogens is 2. The van der Waals surface area contributed by atoms with E-state index in [-0.39, 0.29) is 5.78 Å². The Kier molecular flexibility index (Phi) is 3.80. The predicted octanol–water partition coefficient (Wildman–Crippen LogP) is 4.42. The molecule has 0 aliphatic heterocycles. The maximum atomic E-state index is 13.1. The van der Waals surface area contributed by atoms with Gasteiger partial charge in [0.2, 0.25) is 5.78 Å². The maximum absolute atomic E-state index is 13.1. The van der Waals surface area contributed by atoms with Gasteiger partial charge in [-0.1, -0.05) is 36.4 Å². The molecule has 0 unspecified atom stereocenters. The fraction of sp³-hybridized carbons (Fsp3) is 0. The number of para-hydroxylation sites is 2. The average Bonchev–Trinajstić information content (AvgIpc) is 3.38. The summed E-state index contributed by atoms with van der Waals surface area (Å²) in [6.45, 7) is 0. The van der Waals surface area contributed by atoms with Crippen LogP contribution in [0.2, 0.25) is 0 Å². The average molecular weight is 365 g/mol. The second-order valence-electron chi connectivity index (χ2n) is 6.44. The highest BCUT2D eigenvalue weighted by Gasteiger charge is 2.18. The molecular formula is C22H15N5O. The first kappa shape index (κ1) is 16.1. The van der Waals surface area contributed by atoms with Gasteiger partial charge in [-0.15, -0.1) is 0 Å². The number of aromatic amines is 2. The molecule has 0 fully saturated rings. The fourth-order valence-electron chi connectivity index (χ4n) is 3.23. The first-order valence-electron chi connectivity index (χ1n) is 8.84. The molecule has 0 aliphatic rings. The van der Waals surface area contributed by atoms with Crippen molar-refractivity contribution in [2.45, 2.75) is 0 Å². The van der Waals surface area contributed by atoms with Crippen molar-refractivity contribution in [3.8, 4) is 0 Å². The molecule has 0 aliphatic carbocycles. The molecule has 6 heteroatoms. The van der Waals surface area contributed by atoms with Crippen LogP contribution in [0.25, 0.3) is 21.8 Å². The molecule has 0 bridgehead atoms. The number of benzene rings is 3. The van der Waals surface area contributed by atoms with Gasteiger partial charge in [-0.3, -0.25) is 20.0 Å². The molecule has 5 aromatic rings. The number of ketones is 1. The molecule has 0 radical (unpaired) electrons. The summed E-state index contributed by atoms with van der Waals surface area (Å²) in [7, 11) is 0. The number of carbonyl (C=O) groups excluding carboxylic acids is 1. The van der Waals surface area contributed by atoms with Gasteiger partial charge < -0.3 is 0 Å². The van der Waals surface area contributed by atoms with Crippen LogP contribution in [-0.4, -0.2) is 32.4 Å². The number of nitrogens with zero attached hydrogens (tertiary/aromatic N) is 3. The Morgan fingerprint density at radius 1 is 0.929 bits per heavy atom. The van der Waals surface area contributed by atoms with Crippen molar-refractivity contribution in [3.63, 3.8) is 0 Å². The summed E-state index contributed by atoms with van der Waals surface area (Å²) in [6, 6.07) is 20.8. The SMILES string of the molecule is O=C(c1ccccc1N=Cc1ccc2[nH]ncc2c1)c1n[nH]c2ccccc12. The third-order valence-corrected chi connectivity index (χ3v) is 4.65. The highest BCUT2D eigenvalue weighted by molar-refractivity contribution is 6.17. The Hall–Kier alpha value is -4.06. The molecule has 2 aromatic heterocycles. The molecule has 0 spiro atoms. The zero-order chi connectivity index (χ0) is 18.9. The second-order valence-corrected chi connectivity index (χ2v) is 6.44. The summed E-state index contributed by atoms with van der Waals surface area (Å²) in [4.78, 5) is 17.7. The Morgan fingerprint density at radius 3 is 2.75 bits per heavy atom. The van der Waals surface area contributed by atoms with Crippen LogP contribution in [0.4, 0.5) is 5.69 Å². The Morgan fingerprint density at radius 2 is 1.79 bits per heavy atom. The van der Waals surface area contributed by atoms with Crippen molar-refractivity contribution in [2.24, 2.45) is 4.99 Å². The lowest BCUT2D eigenvalue weighted by Crippen LogP contribution is -2.03. The second kappa shape index (κ2) is 6.59. The van der Waals surface area contributed by atoms with Gasteiger partial charge in [-0.2, -0.15) is 10.2 Å². The molecule has 3 aromatic carbocycles. The molecule has 2 N–H and O–H groups in total. The zero-order valence-electron chi connectivity index (χ0n) is 14.8. The van der Waals surface area contributed by atoms with E-state index in [1.807, 2.05) is 60.7 Å². The Balaban J connectivity index is 1.52. The predicted molar refractivity (Wildman–Crippen MR) is 109 cm³/mol. The largest absolute Gasteiger partial charge is 0.287 e. The first-order valence-corrected chi connectivity index (χ1v) is 8.84. The van der Waals surface area contributed by atoms with Crippen LogP contribution < -0.4 is 0 Å². The van der Waals surface area contributed by atoms with Gasteiger partial charge in [-0.25, -0.2) is 0 Å². The topological polar surface area (TPSA) is 86.8 Å². The van der Waals surface area contributed by atoms with Crippen LogP contribution in [0.3, 0.4) is 0 Å². The lowest BCUT2D eigenvalue weighted by Gasteiger charge is -2.03. The summed E-state index contributed by atoms with van der Waals surface area (Å²) in [5, 5.41) is 15.9. The first-order chi connectivity index (χ1) is 13.8. The number of aliphatic imine (C=N–C) groups is 1. The van der Waals surface area contributed by atoms with E-state index < -0.39 is 0 Å². The third kappa shape index (κ3) is 2.77. The van der Waals surface area contributed by atoms with Gasteiger partial charge in [0.05, 0.1) is 22.9 Å². The van der Waals surface area contributed by atoms with Gasteiger partial charge in [0.15, 0.2) is 0 Å². The minimum absolute atomic E-state index is 0.157. The van der Waals surface area contributed by atoms with E-state index in [0.29, 0.717) is 16.9 Å². The van der Waals surface area contributed by atoms with Crippen molar-refractivity contribution in [2.75, 3.05) is 0 Å². The van der Waals surface area contributed by atoms with Crippen LogP contribution in [0, 0.1) is 0 Å². The third-order valence-electron chi connectivity index (χ3n) is 4.65. The number of nitrogens with one attached hydrogen (secondary N) is 2. The number of hydrogen-bond donors (Lipinski definition) is 2. The standard InChI is InChI=1S/C22H15N5O/c28-22(21-16-5-1-4-8-20(16)26-27-21)17-6-2-3-7-19(17)23-12-14-9-10-18-15(11-14)13-24-25-18/h1-13H,(H,24,25)(H,26,27). The molecule has 134 valence electrons. The number of carbonyl (C=O) groups is 1. The number of hydrogen-bond acceptors (Lipinski definition) is 4. The van der Waals surface area contributed by atoms with Gasteiger partial charge in [0.25, 0.3) is 0 Å². The monoisotopic (exact) mass is 365 g/mol. The molecule has 28 heavy (non-hydrogen) atoms. The van der Waals surface area contributed by atoms with Crippen LogP contribution in [0.5, 0.6) is 0 Å². The van der Waals surface area contributed by atoms with Crippen LogP contribution in [0.1, 0.15) is 21.6 Å². The van der Waals surface area contributed by atoms with Crippen LogP contribution in [-0.2, 0) is 0 Å². The number of fused-ring (bicyclic) bond motifs is 2. The highest BCUT2D eigenvalue weighted by atomic mass is 16.1. The van der Waals surface area contributed by atoms with E-state index >= 15 is 0 Å². The quantitative estimate of drug-likeness (QED) is 0.365. The fourth-order valence-corrected chi connectivity index (χ4v) is 3.23. The van der Waals surface area contributed by atoms with Gasteiger partial charge in [-0.05, 0) is 35.9 Å². The molecule has 6 nitrogen and oxygen atoms in total. The summed E-state index contributed by atoms with van der Waals surface area (Å²) in [5.41, 5.74) is 4.25. The molecular weight excluding hydrogens is 350 g/mol. The van der Waals surface area contributed by atoms with Crippen molar-refractivity contribution in [1.82, 2.24) is 20.4 Å². The molecule has 0 saturated heterocycles. The van der Waals surface area contributed by atoms with E-state index in [1.165, 1.54) is 0 Å². The van der Waals surface area contributed by atoms with Crippen LogP contribution >= 0.6 is 0 Å². The van der Waals surface area contributed by atoms with Crippen molar-refractivity contribution in [3.05, 3.63) is 89.7 Å². The van der Waals surface area contributed by atoms with Gasteiger partial charge in [0, 0.05) is 22.6 Å². The molecule has 2 heterocycles. The number of rotatable bonds is 4. The highest BCUT2D eigenvalue weighted by Crippen LogP contribution is 2.25.